The highest BCUT2D eigenvalue weighted by molar-refractivity contribution is 5.80. The lowest BCUT2D eigenvalue weighted by Crippen LogP contribution is -2.35. The molecule has 4 N–H and O–H groups in total. The minimum Gasteiger partial charge on any atom is -0.481 e. The van der Waals surface area contributed by atoms with E-state index in [-0.39, 0.29) is 22.8 Å². The van der Waals surface area contributed by atoms with Gasteiger partial charge in [0.2, 0.25) is 0 Å². The Labute approximate surface area is 118 Å². The van der Waals surface area contributed by atoms with E-state index in [1.807, 2.05) is 0 Å². The smallest absolute Gasteiger partial charge is 0.307 e. The van der Waals surface area contributed by atoms with Crippen molar-refractivity contribution < 1.29 is 25.3 Å². The van der Waals surface area contributed by atoms with Gasteiger partial charge in [-0.3, -0.25) is 9.59 Å². The van der Waals surface area contributed by atoms with Crippen molar-refractivity contribution in [2.75, 3.05) is 0 Å². The fraction of sp³-hybridized carbons (Fsp3) is 0.833. The minimum atomic E-state index is -0.963. The normalized spacial score (nSPS) is 26.9. The molecule has 0 aromatic carbocycles. The van der Waals surface area contributed by atoms with E-state index in [9.17, 15) is 9.59 Å². The van der Waals surface area contributed by atoms with Crippen LogP contribution < -0.4 is 0 Å². The highest BCUT2D eigenvalue weighted by atomic mass is 27.0. The minimum absolute atomic E-state index is 0. The largest absolute Gasteiger partial charge is 0.481 e. The molecule has 0 bridgehead atoms. The summed E-state index contributed by atoms with van der Waals surface area (Å²) in [7, 11) is 0. The van der Waals surface area contributed by atoms with Crippen LogP contribution in [0.2, 0.25) is 0 Å². The average Bonchev–Trinajstić information content (AvgIpc) is 2.16. The average molecular weight is 275 g/mol. The summed E-state index contributed by atoms with van der Waals surface area (Å²) >= 11 is 0. The predicted octanol–water partition coefficient (Wildman–Crippen LogP) is 0.493. The number of rotatable bonds is 4. The van der Waals surface area contributed by atoms with Crippen molar-refractivity contribution in [2.24, 2.45) is 23.7 Å². The Balaban J connectivity index is 0. The lowest BCUT2D eigenvalue weighted by molar-refractivity contribution is -0.156. The van der Waals surface area contributed by atoms with Gasteiger partial charge in [-0.2, -0.15) is 0 Å². The van der Waals surface area contributed by atoms with Gasteiger partial charge in [0.25, 0.3) is 0 Å². The summed E-state index contributed by atoms with van der Waals surface area (Å²) in [4.78, 5) is 22.0. The molecule has 1 rings (SSSR count). The van der Waals surface area contributed by atoms with E-state index < -0.39 is 23.8 Å². The first-order chi connectivity index (χ1) is 7.41. The molecule has 18 heavy (non-hydrogen) atoms. The van der Waals surface area contributed by atoms with Gasteiger partial charge >= 0.3 is 11.9 Å². The van der Waals surface area contributed by atoms with Crippen molar-refractivity contribution >= 4 is 29.3 Å². The van der Waals surface area contributed by atoms with E-state index in [0.717, 1.165) is 12.8 Å². The third-order valence-electron chi connectivity index (χ3n) is 3.40. The monoisotopic (exact) mass is 275 g/mol. The quantitative estimate of drug-likeness (QED) is 0.728. The van der Waals surface area contributed by atoms with Crippen LogP contribution in [0.4, 0.5) is 0 Å². The van der Waals surface area contributed by atoms with Crippen molar-refractivity contribution in [1.82, 2.24) is 0 Å². The lowest BCUT2D eigenvalue weighted by atomic mass is 9.72. The molecule has 105 valence electrons. The molecule has 0 heterocycles. The fourth-order valence-electron chi connectivity index (χ4n) is 2.71. The molecular weight excluding hydrogens is 251 g/mol. The number of hydrogen-bond donors (Lipinski definition) is 2. The third kappa shape index (κ3) is 5.38. The summed E-state index contributed by atoms with van der Waals surface area (Å²) in [6, 6.07) is 0. The Morgan fingerprint density at radius 3 is 2.00 bits per heavy atom. The summed E-state index contributed by atoms with van der Waals surface area (Å²) in [5.41, 5.74) is 0. The Hall–Kier alpha value is -0.568. The van der Waals surface area contributed by atoms with Crippen molar-refractivity contribution in [2.45, 2.75) is 39.5 Å². The van der Waals surface area contributed by atoms with Crippen LogP contribution in [0, 0.1) is 23.7 Å². The molecule has 0 saturated heterocycles. The van der Waals surface area contributed by atoms with Crippen LogP contribution in [0.15, 0.2) is 0 Å². The molecule has 3 unspecified atom stereocenters. The number of carboxylic acids is 2. The third-order valence-corrected chi connectivity index (χ3v) is 3.40. The lowest BCUT2D eigenvalue weighted by Gasteiger charge is -2.32. The molecule has 0 aromatic rings. The van der Waals surface area contributed by atoms with Crippen LogP contribution in [0.3, 0.4) is 0 Å². The summed E-state index contributed by atoms with van der Waals surface area (Å²) in [5.74, 6) is -2.40. The van der Waals surface area contributed by atoms with Gasteiger partial charge in [0, 0.05) is 0 Å². The maximum atomic E-state index is 11.0. The summed E-state index contributed by atoms with van der Waals surface area (Å²) in [5, 5.41) is 18.0. The van der Waals surface area contributed by atoms with Crippen LogP contribution in [0.1, 0.15) is 39.5 Å². The molecule has 3 atom stereocenters. The second-order valence-electron chi connectivity index (χ2n) is 5.20. The maximum Gasteiger partial charge on any atom is 0.307 e. The van der Waals surface area contributed by atoms with Crippen LogP contribution >= 0.6 is 0 Å². The predicted molar refractivity (Wildman–Crippen MR) is 71.2 cm³/mol. The molecule has 6 heteroatoms. The Kier molecular flexibility index (Phi) is 9.36. The van der Waals surface area contributed by atoms with Crippen LogP contribution in [-0.2, 0) is 9.59 Å². The van der Waals surface area contributed by atoms with Gasteiger partial charge in [-0.15, -0.1) is 0 Å². The van der Waals surface area contributed by atoms with E-state index in [1.54, 1.807) is 0 Å². The first-order valence-corrected chi connectivity index (χ1v) is 5.87. The second kappa shape index (κ2) is 8.52. The van der Waals surface area contributed by atoms with E-state index in [2.05, 4.69) is 13.8 Å². The molecule has 1 saturated carbocycles. The second-order valence-corrected chi connectivity index (χ2v) is 5.20. The standard InChI is InChI=1S/C12H20O4.Al.H2O.2H/c1-7(2)5-8-3-4-9(11(13)14)10(6-8)12(15)16;;;;/h7-10H,3-6H2,1-2H3,(H,13,14)(H,15,16);;1H2;;. The van der Waals surface area contributed by atoms with Crippen molar-refractivity contribution in [3.63, 3.8) is 0 Å². The van der Waals surface area contributed by atoms with Crippen LogP contribution in [-0.4, -0.2) is 45.0 Å². The number of carbonyl (C=O) groups is 2. The van der Waals surface area contributed by atoms with E-state index in [1.165, 1.54) is 0 Å². The zero-order valence-corrected chi connectivity index (χ0v) is 13.3. The van der Waals surface area contributed by atoms with Gasteiger partial charge in [-0.25, -0.2) is 0 Å². The first kappa shape index (κ1) is 19.8. The highest BCUT2D eigenvalue weighted by Gasteiger charge is 2.39. The number of carboxylic acid groups (broad SMARTS) is 2. The van der Waals surface area contributed by atoms with Crippen molar-refractivity contribution in [1.29, 1.82) is 0 Å². The first-order valence-electron chi connectivity index (χ1n) is 5.87. The molecule has 1 aliphatic carbocycles. The maximum absolute atomic E-state index is 11.0. The van der Waals surface area contributed by atoms with Gasteiger partial charge in [0.15, 0.2) is 0 Å². The summed E-state index contributed by atoms with van der Waals surface area (Å²) in [6.07, 6.45) is 2.86. The molecule has 0 spiro atoms. The Morgan fingerprint density at radius 1 is 1.11 bits per heavy atom. The molecule has 1 fully saturated rings. The molecular formula is C12H24AlO5. The SMILES string of the molecule is CC(C)CC1CCC(C(=O)O)C(C(=O)O)C1.O.[AlH2]. The highest BCUT2D eigenvalue weighted by Crippen LogP contribution is 2.37. The Bertz CT molecular complexity index is 280. The fourth-order valence-corrected chi connectivity index (χ4v) is 2.71. The zero-order valence-electron chi connectivity index (χ0n) is 11.3. The van der Waals surface area contributed by atoms with Crippen LogP contribution in [0.5, 0.6) is 0 Å². The topological polar surface area (TPSA) is 106 Å². The molecule has 0 aliphatic heterocycles. The molecule has 0 aromatic heterocycles. The van der Waals surface area contributed by atoms with Crippen LogP contribution in [0.25, 0.3) is 0 Å². The number of aliphatic carboxylic acids is 2. The van der Waals surface area contributed by atoms with E-state index >= 15 is 0 Å². The van der Waals surface area contributed by atoms with Gasteiger partial charge in [-0.1, -0.05) is 13.8 Å². The van der Waals surface area contributed by atoms with Gasteiger partial charge < -0.3 is 15.7 Å². The van der Waals surface area contributed by atoms with Gasteiger partial charge in [-0.05, 0) is 37.5 Å². The summed E-state index contributed by atoms with van der Waals surface area (Å²) < 4.78 is 0. The van der Waals surface area contributed by atoms with Crippen molar-refractivity contribution in [3.05, 3.63) is 0 Å². The number of hydrogen-bond acceptors (Lipinski definition) is 2. The van der Waals surface area contributed by atoms with Gasteiger partial charge in [0.05, 0.1) is 11.8 Å². The van der Waals surface area contributed by atoms with Crippen molar-refractivity contribution in [3.8, 4) is 0 Å². The van der Waals surface area contributed by atoms with E-state index in [4.69, 9.17) is 10.2 Å². The Morgan fingerprint density at radius 2 is 1.61 bits per heavy atom. The van der Waals surface area contributed by atoms with Gasteiger partial charge in [0.1, 0.15) is 17.4 Å². The molecule has 0 amide bonds. The molecule has 5 nitrogen and oxygen atoms in total. The molecule has 1 radical (unpaired) electrons. The summed E-state index contributed by atoms with van der Waals surface area (Å²) in [6.45, 7) is 4.22. The molecule has 1 aliphatic rings. The van der Waals surface area contributed by atoms with E-state index in [0.29, 0.717) is 24.7 Å². The zero-order chi connectivity index (χ0) is 12.3.